The molecule has 0 aromatic heterocycles. The van der Waals surface area contributed by atoms with Crippen LogP contribution in [0.5, 0.6) is 5.75 Å². The first-order valence-electron chi connectivity index (χ1n) is 8.99. The van der Waals surface area contributed by atoms with Crippen molar-refractivity contribution in [2.45, 2.75) is 6.92 Å². The number of benzene rings is 2. The summed E-state index contributed by atoms with van der Waals surface area (Å²) in [4.78, 5) is 38.0. The van der Waals surface area contributed by atoms with Crippen LogP contribution in [0.3, 0.4) is 0 Å². The number of para-hydroxylation sites is 1. The molecule has 2 aromatic rings. The van der Waals surface area contributed by atoms with E-state index in [1.165, 1.54) is 17.0 Å². The number of nitrogens with zero attached hydrogens (tertiary/aromatic N) is 1. The van der Waals surface area contributed by atoms with E-state index in [0.29, 0.717) is 11.5 Å². The van der Waals surface area contributed by atoms with Gasteiger partial charge in [-0.3, -0.25) is 14.5 Å². The highest BCUT2D eigenvalue weighted by atomic mass is 32.2. The van der Waals surface area contributed by atoms with Crippen LogP contribution in [-0.4, -0.2) is 45.3 Å². The second kappa shape index (κ2) is 9.55. The van der Waals surface area contributed by atoms with Crippen LogP contribution in [0.15, 0.2) is 53.4 Å². The Morgan fingerprint density at radius 2 is 1.90 bits per heavy atom. The highest BCUT2D eigenvalue weighted by Crippen LogP contribution is 2.32. The Morgan fingerprint density at radius 1 is 1.20 bits per heavy atom. The van der Waals surface area contributed by atoms with Crippen LogP contribution in [-0.2, 0) is 9.59 Å². The molecule has 1 saturated heterocycles. The highest BCUT2D eigenvalue weighted by molar-refractivity contribution is 8.26. The molecule has 2 amide bonds. The van der Waals surface area contributed by atoms with E-state index in [4.69, 9.17) is 17.0 Å². The number of aromatic carboxylic acids is 1. The number of amides is 2. The number of thiocarbonyl (C=S) groups is 1. The molecule has 30 heavy (non-hydrogen) atoms. The zero-order valence-electron chi connectivity index (χ0n) is 16.0. The maximum absolute atomic E-state index is 12.7. The minimum Gasteiger partial charge on any atom is -0.494 e. The predicted molar refractivity (Wildman–Crippen MR) is 120 cm³/mol. The number of thioether (sulfide) groups is 1. The summed E-state index contributed by atoms with van der Waals surface area (Å²) < 4.78 is 5.66. The third-order valence-electron chi connectivity index (χ3n) is 4.10. The van der Waals surface area contributed by atoms with Crippen LogP contribution in [0, 0.1) is 0 Å². The Labute approximate surface area is 182 Å². The summed E-state index contributed by atoms with van der Waals surface area (Å²) in [5, 5.41) is 11.7. The lowest BCUT2D eigenvalue weighted by Crippen LogP contribution is -2.36. The number of carbonyl (C=O) groups is 3. The molecule has 0 bridgehead atoms. The lowest BCUT2D eigenvalue weighted by atomic mass is 10.2. The van der Waals surface area contributed by atoms with Crippen LogP contribution in [0.25, 0.3) is 6.08 Å². The molecule has 1 aliphatic rings. The zero-order valence-corrected chi connectivity index (χ0v) is 17.6. The molecule has 0 spiro atoms. The van der Waals surface area contributed by atoms with Gasteiger partial charge in [-0.2, -0.15) is 0 Å². The van der Waals surface area contributed by atoms with Crippen molar-refractivity contribution in [2.75, 3.05) is 18.5 Å². The van der Waals surface area contributed by atoms with E-state index >= 15 is 0 Å². The summed E-state index contributed by atoms with van der Waals surface area (Å²) in [6.45, 7) is 2.16. The van der Waals surface area contributed by atoms with E-state index in [0.717, 1.165) is 23.1 Å². The molecule has 9 heteroatoms. The van der Waals surface area contributed by atoms with Gasteiger partial charge in [-0.15, -0.1) is 0 Å². The molecule has 3 rings (SSSR count). The van der Waals surface area contributed by atoms with Crippen LogP contribution < -0.4 is 10.1 Å². The summed E-state index contributed by atoms with van der Waals surface area (Å²) >= 11 is 6.36. The SMILES string of the molecule is CCOc1ccc(C=C2SC(=S)N(CC(=O)Nc3ccccc3C(=O)O)C2=O)cc1. The van der Waals surface area contributed by atoms with Gasteiger partial charge in [0, 0.05) is 0 Å². The molecule has 2 N–H and O–H groups in total. The van der Waals surface area contributed by atoms with Crippen molar-refractivity contribution in [3.63, 3.8) is 0 Å². The largest absolute Gasteiger partial charge is 0.494 e. The first-order valence-corrected chi connectivity index (χ1v) is 10.2. The molecular weight excluding hydrogens is 424 g/mol. The average molecular weight is 443 g/mol. The molecule has 154 valence electrons. The smallest absolute Gasteiger partial charge is 0.337 e. The first-order chi connectivity index (χ1) is 14.4. The van der Waals surface area contributed by atoms with Gasteiger partial charge in [0.25, 0.3) is 5.91 Å². The second-order valence-corrected chi connectivity index (χ2v) is 7.84. The minimum absolute atomic E-state index is 0.0355. The van der Waals surface area contributed by atoms with E-state index < -0.39 is 11.9 Å². The number of ether oxygens (including phenoxy) is 1. The Kier molecular flexibility index (Phi) is 6.86. The van der Waals surface area contributed by atoms with Gasteiger partial charge in [-0.1, -0.05) is 48.2 Å². The lowest BCUT2D eigenvalue weighted by molar-refractivity contribution is -0.126. The first kappa shape index (κ1) is 21.5. The number of carbonyl (C=O) groups excluding carboxylic acids is 2. The zero-order chi connectivity index (χ0) is 21.7. The number of rotatable bonds is 7. The molecule has 7 nitrogen and oxygen atoms in total. The quantitative estimate of drug-likeness (QED) is 0.499. The van der Waals surface area contributed by atoms with Crippen molar-refractivity contribution in [2.24, 2.45) is 0 Å². The summed E-state index contributed by atoms with van der Waals surface area (Å²) in [6.07, 6.45) is 1.70. The van der Waals surface area contributed by atoms with Crippen LogP contribution in [0.1, 0.15) is 22.8 Å². The van der Waals surface area contributed by atoms with E-state index in [1.54, 1.807) is 18.2 Å². The van der Waals surface area contributed by atoms with Gasteiger partial charge >= 0.3 is 5.97 Å². The molecule has 1 heterocycles. The lowest BCUT2D eigenvalue weighted by Gasteiger charge is -2.15. The van der Waals surface area contributed by atoms with Gasteiger partial charge in [-0.05, 0) is 42.8 Å². The standard InChI is InChI=1S/C21H18N2O5S2/c1-2-28-14-9-7-13(8-10-14)11-17-19(25)23(21(29)30-17)12-18(24)22-16-6-4-3-5-15(16)20(26)27/h3-11H,2,12H2,1H3,(H,22,24)(H,26,27). The van der Waals surface area contributed by atoms with Gasteiger partial charge in [0.05, 0.1) is 22.8 Å². The molecule has 0 aliphatic carbocycles. The van der Waals surface area contributed by atoms with Gasteiger partial charge in [0.15, 0.2) is 0 Å². The molecule has 0 atom stereocenters. The van der Waals surface area contributed by atoms with Crippen molar-refractivity contribution < 1.29 is 24.2 Å². The van der Waals surface area contributed by atoms with Crippen LogP contribution in [0.4, 0.5) is 5.69 Å². The van der Waals surface area contributed by atoms with E-state index in [-0.39, 0.29) is 28.0 Å². The van der Waals surface area contributed by atoms with Crippen LogP contribution >= 0.6 is 24.0 Å². The maximum Gasteiger partial charge on any atom is 0.337 e. The Bertz CT molecular complexity index is 1030. The molecular formula is C21H18N2O5S2. The number of hydrogen-bond donors (Lipinski definition) is 2. The molecule has 2 aromatic carbocycles. The number of carboxylic acids is 1. The van der Waals surface area contributed by atoms with Crippen molar-refractivity contribution in [3.8, 4) is 5.75 Å². The monoisotopic (exact) mass is 442 g/mol. The van der Waals surface area contributed by atoms with Gasteiger partial charge < -0.3 is 15.2 Å². The van der Waals surface area contributed by atoms with Gasteiger partial charge in [0.1, 0.15) is 16.6 Å². The molecule has 0 radical (unpaired) electrons. The fourth-order valence-electron chi connectivity index (χ4n) is 2.73. The Hall–Kier alpha value is -3.17. The Morgan fingerprint density at radius 3 is 2.57 bits per heavy atom. The molecule has 1 aliphatic heterocycles. The van der Waals surface area contributed by atoms with E-state index in [1.807, 2.05) is 31.2 Å². The van der Waals surface area contributed by atoms with Crippen molar-refractivity contribution in [3.05, 3.63) is 64.6 Å². The molecule has 1 fully saturated rings. The third-order valence-corrected chi connectivity index (χ3v) is 5.47. The number of nitrogens with one attached hydrogen (secondary N) is 1. The van der Waals surface area contributed by atoms with Crippen molar-refractivity contribution >= 4 is 57.8 Å². The second-order valence-electron chi connectivity index (χ2n) is 6.17. The normalized spacial score (nSPS) is 14.8. The molecule has 0 unspecified atom stereocenters. The van der Waals surface area contributed by atoms with Gasteiger partial charge in [0.2, 0.25) is 5.91 Å². The summed E-state index contributed by atoms with van der Waals surface area (Å²) in [6, 6.07) is 13.3. The number of anilines is 1. The topological polar surface area (TPSA) is 95.9 Å². The van der Waals surface area contributed by atoms with Crippen molar-refractivity contribution in [1.29, 1.82) is 0 Å². The van der Waals surface area contributed by atoms with Gasteiger partial charge in [-0.25, -0.2) is 4.79 Å². The Balaban J connectivity index is 1.69. The van der Waals surface area contributed by atoms with E-state index in [9.17, 15) is 19.5 Å². The predicted octanol–water partition coefficient (Wildman–Crippen LogP) is 3.62. The van der Waals surface area contributed by atoms with E-state index in [2.05, 4.69) is 5.32 Å². The van der Waals surface area contributed by atoms with Crippen LogP contribution in [0.2, 0.25) is 0 Å². The fraction of sp³-hybridized carbons (Fsp3) is 0.143. The summed E-state index contributed by atoms with van der Waals surface area (Å²) in [7, 11) is 0. The summed E-state index contributed by atoms with van der Waals surface area (Å²) in [5.41, 5.74) is 0.927. The average Bonchev–Trinajstić information content (AvgIpc) is 2.97. The fourth-order valence-corrected chi connectivity index (χ4v) is 3.98. The highest BCUT2D eigenvalue weighted by Gasteiger charge is 2.33. The summed E-state index contributed by atoms with van der Waals surface area (Å²) in [5.74, 6) is -1.34. The van der Waals surface area contributed by atoms with Crippen molar-refractivity contribution in [1.82, 2.24) is 4.90 Å². The molecule has 0 saturated carbocycles. The number of carboxylic acid groups (broad SMARTS) is 1. The minimum atomic E-state index is -1.16. The third kappa shape index (κ3) is 5.05. The number of hydrogen-bond acceptors (Lipinski definition) is 6. The maximum atomic E-state index is 12.7.